The second-order valence-corrected chi connectivity index (χ2v) is 8.63. The Morgan fingerprint density at radius 1 is 1.06 bits per heavy atom. The van der Waals surface area contributed by atoms with E-state index in [0.717, 1.165) is 40.1 Å². The Balaban J connectivity index is 1.41. The molecule has 1 fully saturated rings. The summed E-state index contributed by atoms with van der Waals surface area (Å²) in [6.45, 7) is 3.23. The van der Waals surface area contributed by atoms with Crippen LogP contribution in [0.5, 0.6) is 0 Å². The molecule has 3 aliphatic rings. The molecule has 164 valence electrons. The number of para-hydroxylation sites is 1. The fraction of sp³-hybridized carbons (Fsp3) is 0.261. The van der Waals surface area contributed by atoms with E-state index in [9.17, 15) is 9.59 Å². The summed E-state index contributed by atoms with van der Waals surface area (Å²) in [5.41, 5.74) is 4.91. The Hall–Kier alpha value is -3.17. The lowest BCUT2D eigenvalue weighted by molar-refractivity contribution is -0.132. The molecule has 3 aliphatic heterocycles. The Morgan fingerprint density at radius 3 is 2.72 bits per heavy atom. The van der Waals surface area contributed by atoms with Gasteiger partial charge in [0.1, 0.15) is 12.3 Å². The van der Waals surface area contributed by atoms with Crippen molar-refractivity contribution < 1.29 is 14.4 Å². The van der Waals surface area contributed by atoms with Gasteiger partial charge >= 0.3 is 0 Å². The third kappa shape index (κ3) is 3.89. The molecule has 0 radical (unpaired) electrons. The van der Waals surface area contributed by atoms with Crippen molar-refractivity contribution in [3.63, 3.8) is 0 Å². The van der Waals surface area contributed by atoms with E-state index in [-0.39, 0.29) is 24.8 Å². The summed E-state index contributed by atoms with van der Waals surface area (Å²) >= 11 is 3.44. The van der Waals surface area contributed by atoms with Crippen LogP contribution in [-0.4, -0.2) is 55.2 Å². The van der Waals surface area contributed by atoms with E-state index in [4.69, 9.17) is 4.84 Å². The summed E-state index contributed by atoms with van der Waals surface area (Å²) in [5, 5.41) is 13.8. The lowest BCUT2D eigenvalue weighted by Crippen LogP contribution is -2.46. The number of fused-ring (bicyclic) bond motifs is 2. The Bertz CT molecular complexity index is 1150. The average Bonchev–Trinajstić information content (AvgIpc) is 3.32. The second-order valence-electron chi connectivity index (χ2n) is 7.72. The van der Waals surface area contributed by atoms with Crippen LogP contribution in [0.4, 0.5) is 11.4 Å². The number of allylic oxidation sites excluding steroid dienone is 1. The van der Waals surface area contributed by atoms with E-state index < -0.39 is 0 Å². The highest BCUT2D eigenvalue weighted by molar-refractivity contribution is 9.10. The minimum atomic E-state index is -0.199. The van der Waals surface area contributed by atoms with Gasteiger partial charge in [0.25, 0.3) is 5.91 Å². The summed E-state index contributed by atoms with van der Waals surface area (Å²) in [6, 6.07) is 13.4. The number of hydrogen-bond donors (Lipinski definition) is 3. The molecule has 3 heterocycles. The SMILES string of the molecule is O=C1Nc2cc(Br)ccc2/C1=C1/Nc2ccccc2/C1=N\OCCC(=O)N1CCNCC1. The third-order valence-corrected chi connectivity index (χ3v) is 6.18. The molecular formula is C23H22BrN5O3. The number of anilines is 2. The molecule has 3 N–H and O–H groups in total. The molecule has 0 aromatic heterocycles. The number of oxime groups is 1. The van der Waals surface area contributed by atoms with Gasteiger partial charge in [-0.3, -0.25) is 9.59 Å². The van der Waals surface area contributed by atoms with Crippen molar-refractivity contribution in [2.24, 2.45) is 5.16 Å². The number of rotatable bonds is 4. The highest BCUT2D eigenvalue weighted by Crippen LogP contribution is 2.40. The standard InChI is InChI=1S/C23H22BrN5O3/c24-14-5-6-15-18(13-14)27-23(31)20(15)22-21(16-3-1-2-4-17(16)26-22)28-32-12-7-19(30)29-10-8-25-9-11-29/h1-6,13,25-26H,7-12H2,(H,27,31)/b22-20-,28-21+. The number of carbonyl (C=O) groups is 2. The molecule has 2 aromatic carbocycles. The first-order chi connectivity index (χ1) is 15.6. The molecule has 0 spiro atoms. The van der Waals surface area contributed by atoms with Crippen molar-refractivity contribution in [3.05, 3.63) is 63.8 Å². The first-order valence-corrected chi connectivity index (χ1v) is 11.3. The largest absolute Gasteiger partial charge is 0.395 e. The van der Waals surface area contributed by atoms with E-state index in [1.807, 2.05) is 47.4 Å². The Labute approximate surface area is 193 Å². The smallest absolute Gasteiger partial charge is 0.258 e. The molecule has 1 saturated heterocycles. The van der Waals surface area contributed by atoms with E-state index in [2.05, 4.69) is 37.0 Å². The molecule has 0 saturated carbocycles. The summed E-state index contributed by atoms with van der Waals surface area (Å²) in [6.07, 6.45) is 0.259. The zero-order valence-electron chi connectivity index (χ0n) is 17.3. The number of halogens is 1. The zero-order valence-corrected chi connectivity index (χ0v) is 18.9. The van der Waals surface area contributed by atoms with Gasteiger partial charge in [-0.05, 0) is 18.2 Å². The van der Waals surface area contributed by atoms with Gasteiger partial charge in [-0.2, -0.15) is 0 Å². The van der Waals surface area contributed by atoms with Gasteiger partial charge in [-0.15, -0.1) is 0 Å². The summed E-state index contributed by atoms with van der Waals surface area (Å²) in [7, 11) is 0. The lowest BCUT2D eigenvalue weighted by atomic mass is 10.0. The first-order valence-electron chi connectivity index (χ1n) is 10.5. The Kier molecular flexibility index (Phi) is 5.67. The van der Waals surface area contributed by atoms with Gasteiger partial charge in [0.05, 0.1) is 23.4 Å². The molecule has 8 nitrogen and oxygen atoms in total. The average molecular weight is 496 g/mol. The van der Waals surface area contributed by atoms with Crippen molar-refractivity contribution in [3.8, 4) is 0 Å². The van der Waals surface area contributed by atoms with Crippen molar-refractivity contribution in [2.75, 3.05) is 43.4 Å². The molecule has 0 bridgehead atoms. The van der Waals surface area contributed by atoms with Crippen LogP contribution in [0.15, 0.2) is 57.8 Å². The van der Waals surface area contributed by atoms with Crippen LogP contribution in [0, 0.1) is 0 Å². The monoisotopic (exact) mass is 495 g/mol. The first kappa shape index (κ1) is 20.7. The highest BCUT2D eigenvalue weighted by atomic mass is 79.9. The molecule has 0 unspecified atom stereocenters. The summed E-state index contributed by atoms with van der Waals surface area (Å²) in [4.78, 5) is 32.6. The number of piperazine rings is 1. The van der Waals surface area contributed by atoms with Gasteiger partial charge in [0, 0.05) is 47.5 Å². The van der Waals surface area contributed by atoms with Gasteiger partial charge in [0.15, 0.2) is 0 Å². The number of carbonyl (C=O) groups excluding carboxylic acids is 2. The quantitative estimate of drug-likeness (QED) is 0.344. The number of benzene rings is 2. The van der Waals surface area contributed by atoms with Crippen molar-refractivity contribution >= 4 is 50.4 Å². The van der Waals surface area contributed by atoms with Gasteiger partial charge in [-0.25, -0.2) is 0 Å². The maximum Gasteiger partial charge on any atom is 0.258 e. The van der Waals surface area contributed by atoms with Gasteiger partial charge < -0.3 is 25.7 Å². The minimum Gasteiger partial charge on any atom is -0.395 e. The number of hydrogen-bond acceptors (Lipinski definition) is 6. The zero-order chi connectivity index (χ0) is 22.1. The molecule has 9 heteroatoms. The summed E-state index contributed by atoms with van der Waals surface area (Å²) in [5.74, 6) is -0.139. The maximum atomic E-state index is 12.8. The minimum absolute atomic E-state index is 0.0601. The predicted molar refractivity (Wildman–Crippen MR) is 126 cm³/mol. The van der Waals surface area contributed by atoms with Crippen molar-refractivity contribution in [1.29, 1.82) is 0 Å². The van der Waals surface area contributed by atoms with E-state index >= 15 is 0 Å². The normalized spacial score (nSPS) is 20.6. The van der Waals surface area contributed by atoms with Crippen LogP contribution < -0.4 is 16.0 Å². The van der Waals surface area contributed by atoms with Crippen LogP contribution in [0.25, 0.3) is 5.57 Å². The van der Waals surface area contributed by atoms with Crippen molar-refractivity contribution in [1.82, 2.24) is 10.2 Å². The van der Waals surface area contributed by atoms with Crippen molar-refractivity contribution in [2.45, 2.75) is 6.42 Å². The summed E-state index contributed by atoms with van der Waals surface area (Å²) < 4.78 is 0.886. The number of nitrogens with one attached hydrogen (secondary N) is 3. The van der Waals surface area contributed by atoms with Crippen LogP contribution in [-0.2, 0) is 14.4 Å². The number of nitrogens with zero attached hydrogens (tertiary/aromatic N) is 2. The molecular weight excluding hydrogens is 474 g/mol. The molecule has 0 aliphatic carbocycles. The van der Waals surface area contributed by atoms with E-state index in [0.29, 0.717) is 30.1 Å². The molecule has 2 aromatic rings. The van der Waals surface area contributed by atoms with Crippen LogP contribution >= 0.6 is 15.9 Å². The molecule has 2 amide bonds. The predicted octanol–water partition coefficient (Wildman–Crippen LogP) is 2.78. The van der Waals surface area contributed by atoms with E-state index in [1.54, 1.807) is 0 Å². The topological polar surface area (TPSA) is 95.1 Å². The second kappa shape index (κ2) is 8.76. The number of amides is 2. The van der Waals surface area contributed by atoms with Crippen LogP contribution in [0.2, 0.25) is 0 Å². The molecule has 5 rings (SSSR count). The third-order valence-electron chi connectivity index (χ3n) is 5.69. The van der Waals surface area contributed by atoms with Gasteiger partial charge in [0.2, 0.25) is 5.91 Å². The lowest BCUT2D eigenvalue weighted by Gasteiger charge is -2.27. The highest BCUT2D eigenvalue weighted by Gasteiger charge is 2.34. The van der Waals surface area contributed by atoms with Crippen LogP contribution in [0.3, 0.4) is 0 Å². The fourth-order valence-electron chi connectivity index (χ4n) is 4.11. The van der Waals surface area contributed by atoms with Crippen LogP contribution in [0.1, 0.15) is 17.5 Å². The van der Waals surface area contributed by atoms with E-state index in [1.165, 1.54) is 0 Å². The molecule has 32 heavy (non-hydrogen) atoms. The Morgan fingerprint density at radius 2 is 1.88 bits per heavy atom. The van der Waals surface area contributed by atoms with Gasteiger partial charge in [-0.1, -0.05) is 45.4 Å². The fourth-order valence-corrected chi connectivity index (χ4v) is 4.47. The molecule has 0 atom stereocenters. The maximum absolute atomic E-state index is 12.8.